The van der Waals surface area contributed by atoms with Crippen LogP contribution in [0.4, 0.5) is 0 Å². The molecular weight excluding hydrogens is 276 g/mol. The maximum atomic E-state index is 12.3. The predicted molar refractivity (Wildman–Crippen MR) is 78.4 cm³/mol. The lowest BCUT2D eigenvalue weighted by Crippen LogP contribution is -2.22. The van der Waals surface area contributed by atoms with Gasteiger partial charge in [0.2, 0.25) is 0 Å². The molecule has 0 aliphatic rings. The standard InChI is InChI=1S/C15H22O4S/c1-5-19-15(16)10-12(4)20(17,18)14-8-6-13(7-9-14)11(2)3/h6-9,11-12H,5,10H2,1-4H3. The molecule has 0 saturated carbocycles. The van der Waals surface area contributed by atoms with Crippen molar-refractivity contribution in [1.82, 2.24) is 0 Å². The molecule has 4 nitrogen and oxygen atoms in total. The van der Waals surface area contributed by atoms with Crippen molar-refractivity contribution in [2.75, 3.05) is 6.61 Å². The Morgan fingerprint density at radius 3 is 2.15 bits per heavy atom. The van der Waals surface area contributed by atoms with Gasteiger partial charge in [-0.2, -0.15) is 0 Å². The zero-order chi connectivity index (χ0) is 15.3. The Kier molecular flexibility index (Phi) is 5.74. The van der Waals surface area contributed by atoms with E-state index in [2.05, 4.69) is 0 Å². The Bertz CT molecular complexity index is 544. The van der Waals surface area contributed by atoms with Crippen molar-refractivity contribution in [1.29, 1.82) is 0 Å². The summed E-state index contributed by atoms with van der Waals surface area (Å²) in [5.41, 5.74) is 1.09. The van der Waals surface area contributed by atoms with Crippen molar-refractivity contribution >= 4 is 15.8 Å². The molecule has 0 bridgehead atoms. The van der Waals surface area contributed by atoms with Gasteiger partial charge < -0.3 is 4.74 Å². The van der Waals surface area contributed by atoms with Gasteiger partial charge in [-0.15, -0.1) is 0 Å². The van der Waals surface area contributed by atoms with Gasteiger partial charge >= 0.3 is 5.97 Å². The van der Waals surface area contributed by atoms with Crippen LogP contribution in [0.3, 0.4) is 0 Å². The number of rotatable bonds is 6. The van der Waals surface area contributed by atoms with Crippen LogP contribution in [-0.4, -0.2) is 26.2 Å². The average Bonchev–Trinajstić information content (AvgIpc) is 2.38. The van der Waals surface area contributed by atoms with Crippen LogP contribution < -0.4 is 0 Å². The zero-order valence-corrected chi connectivity index (χ0v) is 13.2. The fourth-order valence-electron chi connectivity index (χ4n) is 1.84. The summed E-state index contributed by atoms with van der Waals surface area (Å²) in [4.78, 5) is 11.6. The summed E-state index contributed by atoms with van der Waals surface area (Å²) in [7, 11) is -3.50. The summed E-state index contributed by atoms with van der Waals surface area (Å²) < 4.78 is 29.5. The first-order valence-corrected chi connectivity index (χ1v) is 8.33. The molecule has 0 amide bonds. The van der Waals surface area contributed by atoms with Gasteiger partial charge in [0, 0.05) is 0 Å². The molecule has 0 radical (unpaired) electrons. The molecule has 0 aliphatic carbocycles. The van der Waals surface area contributed by atoms with Crippen molar-refractivity contribution in [3.63, 3.8) is 0 Å². The summed E-state index contributed by atoms with van der Waals surface area (Å²) in [5.74, 6) is -0.133. The minimum absolute atomic E-state index is 0.123. The molecule has 0 heterocycles. The summed E-state index contributed by atoms with van der Waals surface area (Å²) >= 11 is 0. The van der Waals surface area contributed by atoms with Crippen molar-refractivity contribution in [3.05, 3.63) is 29.8 Å². The molecule has 0 spiro atoms. The van der Waals surface area contributed by atoms with Gasteiger partial charge in [-0.25, -0.2) is 8.42 Å². The maximum Gasteiger partial charge on any atom is 0.307 e. The van der Waals surface area contributed by atoms with E-state index in [1.54, 1.807) is 19.1 Å². The number of carbonyl (C=O) groups excluding carboxylic acids is 1. The van der Waals surface area contributed by atoms with Crippen molar-refractivity contribution in [2.24, 2.45) is 0 Å². The van der Waals surface area contributed by atoms with Gasteiger partial charge in [-0.05, 0) is 37.5 Å². The highest BCUT2D eigenvalue weighted by molar-refractivity contribution is 7.92. The molecule has 5 heteroatoms. The van der Waals surface area contributed by atoms with Gasteiger partial charge in [0.15, 0.2) is 9.84 Å². The SMILES string of the molecule is CCOC(=O)CC(C)S(=O)(=O)c1ccc(C(C)C)cc1. The monoisotopic (exact) mass is 298 g/mol. The van der Waals surface area contributed by atoms with Crippen LogP contribution in [-0.2, 0) is 19.4 Å². The van der Waals surface area contributed by atoms with E-state index in [1.807, 2.05) is 26.0 Å². The second kappa shape index (κ2) is 6.88. The highest BCUT2D eigenvalue weighted by Gasteiger charge is 2.26. The Labute approximate surface area is 121 Å². The Morgan fingerprint density at radius 1 is 1.15 bits per heavy atom. The van der Waals surface area contributed by atoms with Gasteiger partial charge in [-0.3, -0.25) is 4.79 Å². The quantitative estimate of drug-likeness (QED) is 0.758. The second-order valence-corrected chi connectivity index (χ2v) is 7.45. The van der Waals surface area contributed by atoms with Crippen LogP contribution in [0.1, 0.15) is 45.6 Å². The number of sulfone groups is 1. The van der Waals surface area contributed by atoms with E-state index in [-0.39, 0.29) is 17.9 Å². The maximum absolute atomic E-state index is 12.3. The molecule has 112 valence electrons. The molecule has 1 aromatic rings. The summed E-state index contributed by atoms with van der Waals surface area (Å²) in [6, 6.07) is 6.84. The number of esters is 1. The summed E-state index contributed by atoms with van der Waals surface area (Å²) in [5, 5.41) is -0.786. The smallest absolute Gasteiger partial charge is 0.307 e. The second-order valence-electron chi connectivity index (χ2n) is 5.09. The van der Waals surface area contributed by atoms with Gasteiger partial charge in [-0.1, -0.05) is 26.0 Å². The van der Waals surface area contributed by atoms with E-state index < -0.39 is 21.1 Å². The molecule has 1 atom stereocenters. The molecule has 0 fully saturated rings. The van der Waals surface area contributed by atoms with E-state index in [1.165, 1.54) is 6.92 Å². The molecule has 1 aromatic carbocycles. The summed E-state index contributed by atoms with van der Waals surface area (Å²) in [6.45, 7) is 7.58. The fraction of sp³-hybridized carbons (Fsp3) is 0.533. The van der Waals surface area contributed by atoms with Crippen LogP contribution >= 0.6 is 0 Å². The third-order valence-corrected chi connectivity index (χ3v) is 5.32. The first kappa shape index (κ1) is 16.7. The van der Waals surface area contributed by atoms with Crippen LogP contribution in [0.5, 0.6) is 0 Å². The number of hydrogen-bond acceptors (Lipinski definition) is 4. The molecule has 1 rings (SSSR count). The van der Waals surface area contributed by atoms with E-state index in [0.29, 0.717) is 5.92 Å². The topological polar surface area (TPSA) is 60.4 Å². The van der Waals surface area contributed by atoms with E-state index in [0.717, 1.165) is 5.56 Å². The van der Waals surface area contributed by atoms with E-state index in [4.69, 9.17) is 4.74 Å². The highest BCUT2D eigenvalue weighted by Crippen LogP contribution is 2.21. The lowest BCUT2D eigenvalue weighted by molar-refractivity contribution is -0.143. The third kappa shape index (κ3) is 4.07. The van der Waals surface area contributed by atoms with E-state index >= 15 is 0 Å². The number of hydrogen-bond donors (Lipinski definition) is 0. The van der Waals surface area contributed by atoms with Gasteiger partial charge in [0.25, 0.3) is 0 Å². The molecule has 1 unspecified atom stereocenters. The number of ether oxygens (including phenoxy) is 1. The molecular formula is C15H22O4S. The minimum atomic E-state index is -3.50. The van der Waals surface area contributed by atoms with Crippen molar-refractivity contribution in [3.8, 4) is 0 Å². The van der Waals surface area contributed by atoms with Crippen LogP contribution in [0.25, 0.3) is 0 Å². The first-order chi connectivity index (χ1) is 9.28. The summed E-state index contributed by atoms with van der Waals surface area (Å²) in [6.07, 6.45) is -0.123. The lowest BCUT2D eigenvalue weighted by Gasteiger charge is -2.13. The van der Waals surface area contributed by atoms with Gasteiger partial charge in [0.05, 0.1) is 23.2 Å². The van der Waals surface area contributed by atoms with Crippen LogP contribution in [0.15, 0.2) is 29.2 Å². The van der Waals surface area contributed by atoms with Crippen molar-refractivity contribution in [2.45, 2.75) is 50.2 Å². The molecule has 20 heavy (non-hydrogen) atoms. The number of carbonyl (C=O) groups is 1. The third-order valence-electron chi connectivity index (χ3n) is 3.16. The Hall–Kier alpha value is -1.36. The minimum Gasteiger partial charge on any atom is -0.466 e. The highest BCUT2D eigenvalue weighted by atomic mass is 32.2. The molecule has 0 N–H and O–H groups in total. The largest absolute Gasteiger partial charge is 0.466 e. The van der Waals surface area contributed by atoms with Crippen LogP contribution in [0, 0.1) is 0 Å². The Morgan fingerprint density at radius 2 is 1.70 bits per heavy atom. The predicted octanol–water partition coefficient (Wildman–Crippen LogP) is 2.93. The average molecular weight is 298 g/mol. The normalized spacial score (nSPS) is 13.2. The number of benzene rings is 1. The Balaban J connectivity index is 2.89. The molecule has 0 aliphatic heterocycles. The molecule has 0 saturated heterocycles. The van der Waals surface area contributed by atoms with E-state index in [9.17, 15) is 13.2 Å². The fourth-order valence-corrected chi connectivity index (χ4v) is 3.17. The van der Waals surface area contributed by atoms with Crippen LogP contribution in [0.2, 0.25) is 0 Å². The molecule has 0 aromatic heterocycles. The zero-order valence-electron chi connectivity index (χ0n) is 12.4. The first-order valence-electron chi connectivity index (χ1n) is 6.78. The van der Waals surface area contributed by atoms with Crippen molar-refractivity contribution < 1.29 is 17.9 Å². The lowest BCUT2D eigenvalue weighted by atomic mass is 10.0. The van der Waals surface area contributed by atoms with Gasteiger partial charge in [0.1, 0.15) is 0 Å².